The first-order valence-corrected chi connectivity index (χ1v) is 7.90. The average Bonchev–Trinajstić information content (AvgIpc) is 2.94. The van der Waals surface area contributed by atoms with Gasteiger partial charge in [-0.05, 0) is 44.5 Å². The molecule has 2 atom stereocenters. The summed E-state index contributed by atoms with van der Waals surface area (Å²) in [7, 11) is 3.45. The Morgan fingerprint density at radius 1 is 1.19 bits per heavy atom. The minimum atomic E-state index is 0.593. The second kappa shape index (κ2) is 6.24. The van der Waals surface area contributed by atoms with Crippen molar-refractivity contribution in [1.82, 2.24) is 9.80 Å². The summed E-state index contributed by atoms with van der Waals surface area (Å²) in [4.78, 5) is 5.24. The van der Waals surface area contributed by atoms with Crippen molar-refractivity contribution in [3.63, 3.8) is 0 Å². The fourth-order valence-corrected chi connectivity index (χ4v) is 3.69. The third kappa shape index (κ3) is 3.01. The maximum atomic E-state index is 5.52. The predicted molar refractivity (Wildman–Crippen MR) is 84.0 cm³/mol. The molecule has 0 saturated carbocycles. The first-order chi connectivity index (χ1) is 10.2. The zero-order valence-corrected chi connectivity index (χ0v) is 13.3. The van der Waals surface area contributed by atoms with Crippen LogP contribution in [-0.4, -0.2) is 55.7 Å². The predicted octanol–water partition coefficient (Wildman–Crippen LogP) is 2.37. The van der Waals surface area contributed by atoms with Crippen LogP contribution in [0.4, 0.5) is 0 Å². The van der Waals surface area contributed by atoms with Crippen LogP contribution >= 0.6 is 0 Å². The van der Waals surface area contributed by atoms with Crippen molar-refractivity contribution < 1.29 is 9.47 Å². The highest BCUT2D eigenvalue weighted by molar-refractivity contribution is 5.40. The number of benzene rings is 1. The van der Waals surface area contributed by atoms with Gasteiger partial charge in [0.15, 0.2) is 0 Å². The molecule has 0 radical (unpaired) electrons. The Bertz CT molecular complexity index is 492. The quantitative estimate of drug-likeness (QED) is 0.850. The summed E-state index contributed by atoms with van der Waals surface area (Å²) in [5.41, 5.74) is 1.22. The lowest BCUT2D eigenvalue weighted by Crippen LogP contribution is -2.54. The molecule has 2 aliphatic heterocycles. The van der Waals surface area contributed by atoms with Crippen molar-refractivity contribution in [2.75, 3.05) is 33.9 Å². The number of methoxy groups -OCH3 is 2. The number of hydrogen-bond donors (Lipinski definition) is 0. The van der Waals surface area contributed by atoms with Gasteiger partial charge < -0.3 is 9.47 Å². The van der Waals surface area contributed by atoms with E-state index in [1.165, 1.54) is 38.0 Å². The van der Waals surface area contributed by atoms with Gasteiger partial charge in [-0.15, -0.1) is 0 Å². The van der Waals surface area contributed by atoms with Crippen LogP contribution < -0.4 is 9.47 Å². The zero-order valence-electron chi connectivity index (χ0n) is 13.3. The van der Waals surface area contributed by atoms with Crippen molar-refractivity contribution in [2.45, 2.75) is 38.4 Å². The maximum Gasteiger partial charge on any atom is 0.123 e. The highest BCUT2D eigenvalue weighted by atomic mass is 16.5. The van der Waals surface area contributed by atoms with Gasteiger partial charge in [0.05, 0.1) is 14.2 Å². The molecule has 116 valence electrons. The summed E-state index contributed by atoms with van der Waals surface area (Å²) in [5, 5.41) is 0. The van der Waals surface area contributed by atoms with Crippen LogP contribution in [0.3, 0.4) is 0 Å². The first-order valence-electron chi connectivity index (χ1n) is 7.90. The van der Waals surface area contributed by atoms with Crippen molar-refractivity contribution in [2.24, 2.45) is 0 Å². The van der Waals surface area contributed by atoms with Gasteiger partial charge >= 0.3 is 0 Å². The number of fused-ring (bicyclic) bond motifs is 1. The summed E-state index contributed by atoms with van der Waals surface area (Å²) in [6.07, 6.45) is 2.70. The SMILES string of the molecule is COc1ccc(OC)c(CN2CC3CCCN3C[C@H]2C)c1. The van der Waals surface area contributed by atoms with Crippen LogP contribution in [0.2, 0.25) is 0 Å². The second-order valence-corrected chi connectivity index (χ2v) is 6.25. The van der Waals surface area contributed by atoms with Crippen molar-refractivity contribution >= 4 is 0 Å². The van der Waals surface area contributed by atoms with E-state index in [0.717, 1.165) is 24.1 Å². The molecule has 0 aliphatic carbocycles. The van der Waals surface area contributed by atoms with E-state index in [4.69, 9.17) is 9.47 Å². The molecule has 1 aromatic rings. The third-order valence-corrected chi connectivity index (χ3v) is 4.93. The molecule has 4 nitrogen and oxygen atoms in total. The van der Waals surface area contributed by atoms with E-state index in [9.17, 15) is 0 Å². The van der Waals surface area contributed by atoms with Gasteiger partial charge in [0.1, 0.15) is 11.5 Å². The molecule has 0 bridgehead atoms. The molecule has 0 spiro atoms. The van der Waals surface area contributed by atoms with E-state index in [1.54, 1.807) is 14.2 Å². The minimum Gasteiger partial charge on any atom is -0.497 e. The minimum absolute atomic E-state index is 0.593. The maximum absolute atomic E-state index is 5.52. The normalized spacial score (nSPS) is 26.6. The highest BCUT2D eigenvalue weighted by Crippen LogP contribution is 2.29. The highest BCUT2D eigenvalue weighted by Gasteiger charge is 2.34. The Balaban J connectivity index is 1.76. The van der Waals surface area contributed by atoms with E-state index < -0.39 is 0 Å². The summed E-state index contributed by atoms with van der Waals surface area (Å²) < 4.78 is 10.9. The monoisotopic (exact) mass is 290 g/mol. The van der Waals surface area contributed by atoms with E-state index in [0.29, 0.717) is 6.04 Å². The van der Waals surface area contributed by atoms with Gasteiger partial charge in [0.25, 0.3) is 0 Å². The van der Waals surface area contributed by atoms with Crippen LogP contribution in [-0.2, 0) is 6.54 Å². The number of piperazine rings is 1. The van der Waals surface area contributed by atoms with Gasteiger partial charge in [-0.2, -0.15) is 0 Å². The Labute approximate surface area is 127 Å². The lowest BCUT2D eigenvalue weighted by molar-refractivity contribution is 0.0535. The van der Waals surface area contributed by atoms with Crippen LogP contribution in [0, 0.1) is 0 Å². The van der Waals surface area contributed by atoms with Gasteiger partial charge in [0.2, 0.25) is 0 Å². The molecule has 0 amide bonds. The molecule has 2 saturated heterocycles. The van der Waals surface area contributed by atoms with E-state index >= 15 is 0 Å². The van der Waals surface area contributed by atoms with Gasteiger partial charge in [0, 0.05) is 37.3 Å². The number of ether oxygens (including phenoxy) is 2. The third-order valence-electron chi connectivity index (χ3n) is 4.93. The van der Waals surface area contributed by atoms with Crippen LogP contribution in [0.15, 0.2) is 18.2 Å². The average molecular weight is 290 g/mol. The molecule has 0 aromatic heterocycles. The second-order valence-electron chi connectivity index (χ2n) is 6.25. The van der Waals surface area contributed by atoms with Crippen LogP contribution in [0.25, 0.3) is 0 Å². The molecular formula is C17H26N2O2. The fraction of sp³-hybridized carbons (Fsp3) is 0.647. The summed E-state index contributed by atoms with van der Waals surface area (Å²) in [6.45, 7) is 6.91. The lowest BCUT2D eigenvalue weighted by atomic mass is 10.1. The molecule has 1 aromatic carbocycles. The first kappa shape index (κ1) is 14.7. The molecular weight excluding hydrogens is 264 g/mol. The Morgan fingerprint density at radius 3 is 2.81 bits per heavy atom. The topological polar surface area (TPSA) is 24.9 Å². The Kier molecular flexibility index (Phi) is 4.36. The summed E-state index contributed by atoms with van der Waals surface area (Å²) >= 11 is 0. The number of nitrogens with zero attached hydrogens (tertiary/aromatic N) is 2. The van der Waals surface area contributed by atoms with Crippen molar-refractivity contribution in [3.05, 3.63) is 23.8 Å². The molecule has 1 unspecified atom stereocenters. The van der Waals surface area contributed by atoms with Gasteiger partial charge in [-0.3, -0.25) is 9.80 Å². The lowest BCUT2D eigenvalue weighted by Gasteiger charge is -2.42. The fourth-order valence-electron chi connectivity index (χ4n) is 3.69. The van der Waals surface area contributed by atoms with Crippen molar-refractivity contribution in [1.29, 1.82) is 0 Å². The van der Waals surface area contributed by atoms with Crippen LogP contribution in [0.1, 0.15) is 25.3 Å². The summed E-state index contributed by atoms with van der Waals surface area (Å²) in [6, 6.07) is 7.41. The van der Waals surface area contributed by atoms with E-state index in [-0.39, 0.29) is 0 Å². The molecule has 2 heterocycles. The Hall–Kier alpha value is -1.26. The molecule has 21 heavy (non-hydrogen) atoms. The molecule has 3 rings (SSSR count). The summed E-state index contributed by atoms with van der Waals surface area (Å²) in [5.74, 6) is 1.86. The van der Waals surface area contributed by atoms with Crippen LogP contribution in [0.5, 0.6) is 11.5 Å². The molecule has 2 aliphatic rings. The molecule has 4 heteroatoms. The number of rotatable bonds is 4. The largest absolute Gasteiger partial charge is 0.497 e. The Morgan fingerprint density at radius 2 is 2.05 bits per heavy atom. The zero-order chi connectivity index (χ0) is 14.8. The van der Waals surface area contributed by atoms with E-state index in [2.05, 4.69) is 22.8 Å². The number of hydrogen-bond acceptors (Lipinski definition) is 4. The molecule has 2 fully saturated rings. The van der Waals surface area contributed by atoms with Crippen molar-refractivity contribution in [3.8, 4) is 11.5 Å². The molecule has 0 N–H and O–H groups in total. The smallest absolute Gasteiger partial charge is 0.123 e. The van der Waals surface area contributed by atoms with E-state index in [1.807, 2.05) is 12.1 Å². The standard InChI is InChI=1S/C17H26N2O2/c1-13-10-18-8-4-5-15(18)12-19(13)11-14-9-16(20-2)6-7-17(14)21-3/h6-7,9,13,15H,4-5,8,10-12H2,1-3H3/t13-,15?/m1/s1. The van der Waals surface area contributed by atoms with Gasteiger partial charge in [-0.1, -0.05) is 0 Å². The van der Waals surface area contributed by atoms with Gasteiger partial charge in [-0.25, -0.2) is 0 Å².